The lowest BCUT2D eigenvalue weighted by atomic mass is 9.90. The largest absolute Gasteiger partial charge is 0.321 e. The molecule has 9 nitrogen and oxygen atoms in total. The molecule has 0 aliphatic carbocycles. The van der Waals surface area contributed by atoms with Crippen molar-refractivity contribution in [1.29, 1.82) is 5.26 Å². The van der Waals surface area contributed by atoms with Crippen LogP contribution in [0, 0.1) is 18.3 Å². The number of aryl methyl sites for hydroxylation is 1. The number of carbonyl (C=O) groups is 2. The summed E-state index contributed by atoms with van der Waals surface area (Å²) in [5.41, 5.74) is 4.31. The van der Waals surface area contributed by atoms with Crippen molar-refractivity contribution in [2.75, 3.05) is 10.6 Å². The summed E-state index contributed by atoms with van der Waals surface area (Å²) in [6.45, 7) is 7.16. The maximum Gasteiger partial charge on any atom is 0.255 e. The first-order valence-electron chi connectivity index (χ1n) is 12.1. The summed E-state index contributed by atoms with van der Waals surface area (Å²) in [6.07, 6.45) is 5.10. The summed E-state index contributed by atoms with van der Waals surface area (Å²) in [5, 5.41) is 15.0. The molecule has 0 radical (unpaired) electrons. The summed E-state index contributed by atoms with van der Waals surface area (Å²) in [4.78, 5) is 42.5. The summed E-state index contributed by atoms with van der Waals surface area (Å²) in [7, 11) is 0. The van der Waals surface area contributed by atoms with E-state index in [1.807, 2.05) is 37.3 Å². The maximum absolute atomic E-state index is 13.0. The maximum atomic E-state index is 13.0. The van der Waals surface area contributed by atoms with Gasteiger partial charge in [0.25, 0.3) is 5.91 Å². The number of rotatable bonds is 7. The van der Waals surface area contributed by atoms with Crippen molar-refractivity contribution in [3.8, 4) is 28.6 Å². The van der Waals surface area contributed by atoms with Gasteiger partial charge in [0, 0.05) is 41.2 Å². The number of anilines is 2. The van der Waals surface area contributed by atoms with Crippen molar-refractivity contribution >= 4 is 23.3 Å². The fourth-order valence-corrected chi connectivity index (χ4v) is 3.67. The van der Waals surface area contributed by atoms with Gasteiger partial charge < -0.3 is 10.6 Å². The number of aromatic nitrogens is 4. The second-order valence-electron chi connectivity index (χ2n) is 9.22. The van der Waals surface area contributed by atoms with E-state index in [1.54, 1.807) is 51.4 Å². The molecule has 4 aromatic rings. The lowest BCUT2D eigenvalue weighted by molar-refractivity contribution is -0.115. The monoisotopic (exact) mass is 505 g/mol. The van der Waals surface area contributed by atoms with Crippen LogP contribution in [0.3, 0.4) is 0 Å². The Balaban J connectivity index is 1.60. The van der Waals surface area contributed by atoms with Crippen LogP contribution in [0.25, 0.3) is 22.5 Å². The molecule has 2 amide bonds. The number of nitrogens with zero attached hydrogens (tertiary/aromatic N) is 5. The Kier molecular flexibility index (Phi) is 7.53. The van der Waals surface area contributed by atoms with E-state index in [1.165, 1.54) is 6.20 Å². The molecule has 0 aromatic carbocycles. The molecule has 2 N–H and O–H groups in total. The van der Waals surface area contributed by atoms with Gasteiger partial charge in [-0.3, -0.25) is 19.6 Å². The normalized spacial score (nSPS) is 10.9. The van der Waals surface area contributed by atoms with E-state index in [9.17, 15) is 14.9 Å². The Bertz CT molecular complexity index is 1560. The third-order valence-corrected chi connectivity index (χ3v) is 5.96. The van der Waals surface area contributed by atoms with E-state index in [4.69, 9.17) is 4.98 Å². The van der Waals surface area contributed by atoms with Gasteiger partial charge in [0.05, 0.1) is 40.5 Å². The molecule has 0 saturated heterocycles. The molecule has 0 saturated carbocycles. The minimum Gasteiger partial charge on any atom is -0.321 e. The van der Waals surface area contributed by atoms with Crippen LogP contribution >= 0.6 is 0 Å². The van der Waals surface area contributed by atoms with Crippen molar-refractivity contribution in [2.24, 2.45) is 0 Å². The second-order valence-corrected chi connectivity index (χ2v) is 9.22. The molecular formula is C29H27N7O2. The van der Waals surface area contributed by atoms with Crippen molar-refractivity contribution in [1.82, 2.24) is 19.9 Å². The fraction of sp³-hybridized carbons (Fsp3) is 0.207. The zero-order valence-corrected chi connectivity index (χ0v) is 21.6. The van der Waals surface area contributed by atoms with Crippen LogP contribution in [-0.4, -0.2) is 31.8 Å². The minimum atomic E-state index is -0.817. The van der Waals surface area contributed by atoms with Crippen molar-refractivity contribution in [3.63, 3.8) is 0 Å². The first kappa shape index (κ1) is 26.1. The van der Waals surface area contributed by atoms with Crippen LogP contribution in [-0.2, 0) is 10.2 Å². The van der Waals surface area contributed by atoms with Crippen molar-refractivity contribution < 1.29 is 9.59 Å². The molecule has 0 fully saturated rings. The molecule has 4 aromatic heterocycles. The van der Waals surface area contributed by atoms with Crippen LogP contribution in [0.1, 0.15) is 48.9 Å². The molecule has 0 unspecified atom stereocenters. The number of carbonyl (C=O) groups excluding carboxylic acids is 2. The van der Waals surface area contributed by atoms with E-state index >= 15 is 0 Å². The van der Waals surface area contributed by atoms with Crippen molar-refractivity contribution in [3.05, 3.63) is 84.1 Å². The smallest absolute Gasteiger partial charge is 0.255 e. The number of pyridine rings is 4. The Morgan fingerprint density at radius 3 is 2.50 bits per heavy atom. The first-order chi connectivity index (χ1) is 18.2. The molecule has 4 heterocycles. The molecule has 9 heteroatoms. The highest BCUT2D eigenvalue weighted by Gasteiger charge is 2.22. The van der Waals surface area contributed by atoms with Gasteiger partial charge in [0.1, 0.15) is 5.82 Å². The van der Waals surface area contributed by atoms with Gasteiger partial charge in [0.2, 0.25) is 5.91 Å². The third kappa shape index (κ3) is 5.87. The summed E-state index contributed by atoms with van der Waals surface area (Å²) < 4.78 is 0. The van der Waals surface area contributed by atoms with Gasteiger partial charge in [0.15, 0.2) is 0 Å². The minimum absolute atomic E-state index is 0.117. The lowest BCUT2D eigenvalue weighted by Gasteiger charge is -2.15. The average Bonchev–Trinajstić information content (AvgIpc) is 2.94. The van der Waals surface area contributed by atoms with Gasteiger partial charge in [-0.1, -0.05) is 13.0 Å². The van der Waals surface area contributed by atoms with E-state index < -0.39 is 5.41 Å². The Morgan fingerprint density at radius 1 is 0.974 bits per heavy atom. The highest BCUT2D eigenvalue weighted by molar-refractivity contribution is 6.04. The van der Waals surface area contributed by atoms with E-state index in [0.29, 0.717) is 40.6 Å². The van der Waals surface area contributed by atoms with Crippen LogP contribution in [0.5, 0.6) is 0 Å². The van der Waals surface area contributed by atoms with Gasteiger partial charge in [-0.05, 0) is 63.2 Å². The molecule has 0 aliphatic heterocycles. The van der Waals surface area contributed by atoms with Crippen molar-refractivity contribution in [2.45, 2.75) is 39.5 Å². The van der Waals surface area contributed by atoms with Gasteiger partial charge in [-0.15, -0.1) is 0 Å². The Labute approximate surface area is 221 Å². The molecule has 4 rings (SSSR count). The topological polar surface area (TPSA) is 134 Å². The summed E-state index contributed by atoms with van der Waals surface area (Å²) in [5.74, 6) is 0.00867. The third-order valence-electron chi connectivity index (χ3n) is 5.96. The lowest BCUT2D eigenvalue weighted by Crippen LogP contribution is -2.18. The van der Waals surface area contributed by atoms with Gasteiger partial charge in [-0.25, -0.2) is 9.97 Å². The van der Waals surface area contributed by atoms with E-state index in [2.05, 4.69) is 31.7 Å². The quantitative estimate of drug-likeness (QED) is 0.348. The SMILES string of the molecule is CCC(=O)Nc1cc(-c2cccc(-c3cc(NC(=O)c4ccnc(C(C)(C)C#N)c4)cnc3C)n2)ccn1. The van der Waals surface area contributed by atoms with E-state index in [0.717, 1.165) is 16.8 Å². The summed E-state index contributed by atoms with van der Waals surface area (Å²) >= 11 is 0. The van der Waals surface area contributed by atoms with Crippen LogP contribution in [0.15, 0.2) is 67.1 Å². The van der Waals surface area contributed by atoms with Crippen LogP contribution in [0.2, 0.25) is 0 Å². The molecule has 0 spiro atoms. The average molecular weight is 506 g/mol. The zero-order chi connectivity index (χ0) is 27.3. The van der Waals surface area contributed by atoms with Gasteiger partial charge in [-0.2, -0.15) is 5.26 Å². The van der Waals surface area contributed by atoms with E-state index in [-0.39, 0.29) is 11.8 Å². The fourth-order valence-electron chi connectivity index (χ4n) is 3.67. The highest BCUT2D eigenvalue weighted by Crippen LogP contribution is 2.27. The first-order valence-corrected chi connectivity index (χ1v) is 12.1. The molecule has 0 atom stereocenters. The molecule has 190 valence electrons. The standard InChI is InChI=1S/C29H27N7O2/c1-5-27(37)36-26-14-19(9-12-32-26)23-7-6-8-24(35-23)22-15-21(16-33-18(22)2)34-28(38)20-10-11-31-25(13-20)29(3,4)17-30/h6-16H,5H2,1-4H3,(H,34,38)(H,32,36,37). The zero-order valence-electron chi connectivity index (χ0n) is 21.6. The number of hydrogen-bond acceptors (Lipinski definition) is 7. The molecule has 38 heavy (non-hydrogen) atoms. The van der Waals surface area contributed by atoms with Gasteiger partial charge >= 0.3 is 0 Å². The predicted molar refractivity (Wildman–Crippen MR) is 145 cm³/mol. The Morgan fingerprint density at radius 2 is 1.74 bits per heavy atom. The molecule has 0 bridgehead atoms. The second kappa shape index (κ2) is 11.0. The van der Waals surface area contributed by atoms with Crippen LogP contribution < -0.4 is 10.6 Å². The Hall–Kier alpha value is -4.97. The number of nitrogens with one attached hydrogen (secondary N) is 2. The number of hydrogen-bond donors (Lipinski definition) is 2. The number of amides is 2. The molecular weight excluding hydrogens is 478 g/mol. The molecule has 0 aliphatic rings. The van der Waals surface area contributed by atoms with Crippen LogP contribution in [0.4, 0.5) is 11.5 Å². The highest BCUT2D eigenvalue weighted by atomic mass is 16.2. The predicted octanol–water partition coefficient (Wildman–Crippen LogP) is 5.31. The summed E-state index contributed by atoms with van der Waals surface area (Å²) in [6, 6.07) is 16.5. The number of nitriles is 1.